The predicted octanol–water partition coefficient (Wildman–Crippen LogP) is 8.82. The minimum absolute atomic E-state index is 0. The third kappa shape index (κ3) is 14.9. The van der Waals surface area contributed by atoms with Crippen LogP contribution in [-0.4, -0.2) is 49.3 Å². The summed E-state index contributed by atoms with van der Waals surface area (Å²) in [5.74, 6) is 4.07. The van der Waals surface area contributed by atoms with Gasteiger partial charge in [0.1, 0.15) is 35.2 Å². The summed E-state index contributed by atoms with van der Waals surface area (Å²) in [6.07, 6.45) is 6.52. The summed E-state index contributed by atoms with van der Waals surface area (Å²) in [6.45, 7) is 5.58. The van der Waals surface area contributed by atoms with E-state index in [9.17, 15) is 19.2 Å². The predicted molar refractivity (Wildman–Crippen MR) is 205 cm³/mol. The molecule has 0 heterocycles. The molecule has 10 heteroatoms. The van der Waals surface area contributed by atoms with Crippen LogP contribution in [-0.2, 0) is 19.1 Å². The number of ether oxygens (including phenoxy) is 6. The van der Waals surface area contributed by atoms with Crippen molar-refractivity contribution in [3.63, 3.8) is 0 Å². The van der Waals surface area contributed by atoms with E-state index < -0.39 is 11.9 Å². The van der Waals surface area contributed by atoms with Crippen molar-refractivity contribution >= 4 is 23.9 Å². The van der Waals surface area contributed by atoms with Gasteiger partial charge in [0, 0.05) is 13.3 Å². The van der Waals surface area contributed by atoms with Crippen molar-refractivity contribution in [1.82, 2.24) is 0 Å². The molecule has 284 valence electrons. The second-order valence-electron chi connectivity index (χ2n) is 12.3. The Morgan fingerprint density at radius 3 is 1.20 bits per heavy atom. The van der Waals surface area contributed by atoms with E-state index in [0.717, 1.165) is 37.2 Å². The molecule has 1 saturated carbocycles. The summed E-state index contributed by atoms with van der Waals surface area (Å²) < 4.78 is 32.4. The first kappa shape index (κ1) is 40.7. The third-order valence-electron chi connectivity index (χ3n) is 8.06. The highest BCUT2D eigenvalue weighted by Crippen LogP contribution is 2.26. The normalized spacial score (nSPS) is 14.4. The lowest BCUT2D eigenvalue weighted by Crippen LogP contribution is -2.29. The van der Waals surface area contributed by atoms with E-state index in [1.165, 1.54) is 0 Å². The van der Waals surface area contributed by atoms with E-state index in [1.54, 1.807) is 109 Å². The highest BCUT2D eigenvalue weighted by molar-refractivity contribution is 5.99. The van der Waals surface area contributed by atoms with Crippen LogP contribution in [0.1, 0.15) is 87.4 Å². The topological polar surface area (TPSA) is 124 Å². The Balaban J connectivity index is 0.000000330. The fraction of sp³-hybridized carbons (Fsp3) is 0.318. The Hall–Kier alpha value is -6.08. The minimum atomic E-state index is -0.818. The second-order valence-corrected chi connectivity index (χ2v) is 12.3. The van der Waals surface area contributed by atoms with Gasteiger partial charge >= 0.3 is 23.9 Å². The van der Waals surface area contributed by atoms with Crippen LogP contribution in [0.2, 0.25) is 0 Å². The Morgan fingerprint density at radius 1 is 0.519 bits per heavy atom. The van der Waals surface area contributed by atoms with Crippen LogP contribution in [0.5, 0.6) is 23.0 Å². The van der Waals surface area contributed by atoms with E-state index in [0.29, 0.717) is 61.5 Å². The van der Waals surface area contributed by atoms with E-state index in [1.807, 2.05) is 0 Å². The zero-order valence-electron chi connectivity index (χ0n) is 30.7. The van der Waals surface area contributed by atoms with Crippen LogP contribution in [0, 0.1) is 11.8 Å². The smallest absolute Gasteiger partial charge is 0.390 e. The zero-order valence-corrected chi connectivity index (χ0v) is 30.7. The molecule has 0 unspecified atom stereocenters. The quantitative estimate of drug-likeness (QED) is 0.0408. The van der Waals surface area contributed by atoms with Gasteiger partial charge in [-0.15, -0.1) is 0 Å². The first-order valence-corrected chi connectivity index (χ1v) is 18.3. The Labute approximate surface area is 318 Å². The molecule has 0 atom stereocenters. The van der Waals surface area contributed by atoms with Crippen LogP contribution in [0.25, 0.3) is 0 Å². The fourth-order valence-corrected chi connectivity index (χ4v) is 5.09. The number of unbranched alkanes of at least 4 members (excludes halogenated alkanes) is 2. The number of rotatable bonds is 14. The number of para-hydroxylation sites is 2. The van der Waals surface area contributed by atoms with Gasteiger partial charge in [0.05, 0.1) is 24.3 Å². The fourth-order valence-electron chi connectivity index (χ4n) is 5.09. The van der Waals surface area contributed by atoms with Crippen molar-refractivity contribution in [1.29, 1.82) is 0 Å². The number of carbonyl (C=O) groups excluding carboxylic acids is 4. The lowest BCUT2D eigenvalue weighted by atomic mass is 9.95. The van der Waals surface area contributed by atoms with Gasteiger partial charge in [0.2, 0.25) is 0 Å². The van der Waals surface area contributed by atoms with Crippen LogP contribution in [0.15, 0.2) is 109 Å². The molecule has 4 aromatic rings. The summed E-state index contributed by atoms with van der Waals surface area (Å²) in [5.41, 5.74) is 1.03. The maximum Gasteiger partial charge on any atom is 0.390 e. The van der Waals surface area contributed by atoms with Gasteiger partial charge in [0.15, 0.2) is 0 Å². The molecular weight excluding hydrogens is 688 g/mol. The summed E-state index contributed by atoms with van der Waals surface area (Å²) in [6, 6.07) is 31.0. The maximum absolute atomic E-state index is 12.5. The van der Waals surface area contributed by atoms with Crippen molar-refractivity contribution in [3.05, 3.63) is 120 Å². The molecule has 0 aromatic heterocycles. The highest BCUT2D eigenvalue weighted by atomic mass is 16.6. The van der Waals surface area contributed by atoms with Crippen molar-refractivity contribution in [2.45, 2.75) is 77.4 Å². The number of esters is 4. The van der Waals surface area contributed by atoms with Crippen molar-refractivity contribution in [2.75, 3.05) is 13.2 Å². The molecule has 0 radical (unpaired) electrons. The zero-order chi connectivity index (χ0) is 38.4. The van der Waals surface area contributed by atoms with Crippen LogP contribution < -0.4 is 18.9 Å². The van der Waals surface area contributed by atoms with Crippen molar-refractivity contribution in [3.8, 4) is 34.8 Å². The van der Waals surface area contributed by atoms with E-state index in [4.69, 9.17) is 28.4 Å². The van der Waals surface area contributed by atoms with Crippen LogP contribution in [0.3, 0.4) is 0 Å². The van der Waals surface area contributed by atoms with E-state index >= 15 is 0 Å². The van der Waals surface area contributed by atoms with Gasteiger partial charge in [-0.2, -0.15) is 0 Å². The number of hydrogen-bond acceptors (Lipinski definition) is 10. The Kier molecular flexibility index (Phi) is 17.2. The lowest BCUT2D eigenvalue weighted by Gasteiger charge is -2.28. The first-order valence-electron chi connectivity index (χ1n) is 18.3. The van der Waals surface area contributed by atoms with Gasteiger partial charge in [0.25, 0.3) is 0 Å². The summed E-state index contributed by atoms with van der Waals surface area (Å²) in [5, 5.41) is 0. The molecule has 0 bridgehead atoms. The molecule has 0 saturated heterocycles. The molecule has 0 amide bonds. The number of carbonyl (C=O) groups is 4. The van der Waals surface area contributed by atoms with Gasteiger partial charge < -0.3 is 28.4 Å². The minimum Gasteiger partial charge on any atom is -0.494 e. The van der Waals surface area contributed by atoms with Crippen LogP contribution in [0.4, 0.5) is 0 Å². The average Bonchev–Trinajstić information content (AvgIpc) is 3.19. The molecule has 1 aliphatic carbocycles. The largest absolute Gasteiger partial charge is 0.494 e. The Morgan fingerprint density at radius 2 is 0.870 bits per heavy atom. The molecular formula is C44H48O10. The standard InChI is InChI=1S/C28H36O6.C16H10O4.H2/c1-3-5-19-31-23-11-7-21(8-12-23)27(29)33-25-15-17-26(18-16-25)34-28(30)22-9-13-24(14-10-22)32-20-6-4-2;17-15(19-13-7-3-1-4-8-13)11-12-16(18)20-14-9-5-2-6-10-14;/h7-14,25-26H,3-6,15-20H2,1-2H3;1-10H;1H. The lowest BCUT2D eigenvalue weighted by molar-refractivity contribution is -0.130. The van der Waals surface area contributed by atoms with Gasteiger partial charge in [-0.1, -0.05) is 63.1 Å². The maximum atomic E-state index is 12.5. The Bertz CT molecular complexity index is 1680. The van der Waals surface area contributed by atoms with Gasteiger partial charge in [-0.05, 0) is 111 Å². The van der Waals surface area contributed by atoms with Crippen molar-refractivity contribution < 1.29 is 49.0 Å². The molecule has 0 spiro atoms. The second kappa shape index (κ2) is 22.8. The van der Waals surface area contributed by atoms with Gasteiger partial charge in [-0.25, -0.2) is 19.2 Å². The summed E-state index contributed by atoms with van der Waals surface area (Å²) in [4.78, 5) is 47.7. The molecule has 10 nitrogen and oxygen atoms in total. The molecule has 54 heavy (non-hydrogen) atoms. The SMILES string of the molecule is CCCCOc1ccc(C(=O)OC2CCC(OC(=O)c3ccc(OCCCC)cc3)CC2)cc1.O=C(C#CC(=O)Oc1ccccc1)Oc1ccccc1.[HH]. The monoisotopic (exact) mass is 736 g/mol. The first-order chi connectivity index (χ1) is 26.3. The third-order valence-corrected chi connectivity index (χ3v) is 8.06. The molecule has 5 rings (SSSR count). The highest BCUT2D eigenvalue weighted by Gasteiger charge is 2.27. The molecule has 0 N–H and O–H groups in total. The summed E-state index contributed by atoms with van der Waals surface area (Å²) >= 11 is 0. The summed E-state index contributed by atoms with van der Waals surface area (Å²) in [7, 11) is 0. The van der Waals surface area contributed by atoms with E-state index in [-0.39, 0.29) is 25.6 Å². The number of benzene rings is 4. The molecule has 0 aliphatic heterocycles. The van der Waals surface area contributed by atoms with Crippen molar-refractivity contribution in [2.24, 2.45) is 0 Å². The molecule has 1 fully saturated rings. The molecule has 1 aliphatic rings. The van der Waals surface area contributed by atoms with Crippen LogP contribution >= 0.6 is 0 Å². The number of hydrogen-bond donors (Lipinski definition) is 0. The molecule has 4 aromatic carbocycles. The average molecular weight is 737 g/mol. The van der Waals surface area contributed by atoms with Gasteiger partial charge in [-0.3, -0.25) is 0 Å². The van der Waals surface area contributed by atoms with E-state index in [2.05, 4.69) is 25.7 Å².